The zero-order chi connectivity index (χ0) is 26.4. The number of nitrogens with zero attached hydrogens (tertiary/aromatic N) is 7. The molecule has 0 aliphatic carbocycles. The number of halogens is 3. The number of aromatic nitrogens is 6. The van der Waals surface area contributed by atoms with Crippen LogP contribution in [0.1, 0.15) is 48.7 Å². The van der Waals surface area contributed by atoms with Gasteiger partial charge in [-0.25, -0.2) is 28.4 Å². The van der Waals surface area contributed by atoms with E-state index in [1.54, 1.807) is 13.4 Å². The van der Waals surface area contributed by atoms with Crippen molar-refractivity contribution >= 4 is 17.3 Å². The lowest BCUT2D eigenvalue weighted by atomic mass is 9.90. The molecule has 0 bridgehead atoms. The number of ether oxygens (including phenoxy) is 1. The summed E-state index contributed by atoms with van der Waals surface area (Å²) >= 11 is 6.69. The summed E-state index contributed by atoms with van der Waals surface area (Å²) in [6, 6.07) is 9.60. The van der Waals surface area contributed by atoms with Crippen LogP contribution in [0.15, 0.2) is 42.9 Å². The highest BCUT2D eigenvalue weighted by atomic mass is 35.5. The Kier molecular flexibility index (Phi) is 6.29. The van der Waals surface area contributed by atoms with Gasteiger partial charge in [-0.15, -0.1) is 5.10 Å². The molecule has 1 atom stereocenters. The van der Waals surface area contributed by atoms with Crippen LogP contribution in [0.2, 0.25) is 5.02 Å². The van der Waals surface area contributed by atoms with Crippen molar-refractivity contribution in [3.05, 3.63) is 65.0 Å². The Morgan fingerprint density at radius 1 is 1.08 bits per heavy atom. The summed E-state index contributed by atoms with van der Waals surface area (Å²) in [5, 5.41) is 5.41. The number of alkyl halides is 2. The second kappa shape index (κ2) is 9.65. The van der Waals surface area contributed by atoms with Crippen molar-refractivity contribution < 1.29 is 13.5 Å². The summed E-state index contributed by atoms with van der Waals surface area (Å²) < 4.78 is 36.8. The van der Waals surface area contributed by atoms with Crippen LogP contribution in [0.4, 0.5) is 14.5 Å². The average Bonchev–Trinajstić information content (AvgIpc) is 3.55. The van der Waals surface area contributed by atoms with Crippen LogP contribution in [0.5, 0.6) is 5.88 Å². The van der Waals surface area contributed by atoms with Crippen LogP contribution < -0.4 is 9.64 Å². The summed E-state index contributed by atoms with van der Waals surface area (Å²) in [6.45, 7) is 3.32. The maximum atomic E-state index is 13.7. The number of hydrogen-bond donors (Lipinski definition) is 0. The van der Waals surface area contributed by atoms with E-state index in [4.69, 9.17) is 26.4 Å². The molecule has 2 aliphatic rings. The Morgan fingerprint density at radius 3 is 2.63 bits per heavy atom. The Hall–Kier alpha value is -3.53. The molecule has 0 saturated carbocycles. The van der Waals surface area contributed by atoms with E-state index in [0.29, 0.717) is 35.5 Å². The second-order valence-electron chi connectivity index (χ2n) is 9.91. The van der Waals surface area contributed by atoms with Gasteiger partial charge < -0.3 is 14.2 Å². The molecular formula is C27H28ClF2N7O. The fourth-order valence-corrected chi connectivity index (χ4v) is 5.55. The average molecular weight is 540 g/mol. The molecular weight excluding hydrogens is 512 g/mol. The van der Waals surface area contributed by atoms with Gasteiger partial charge in [-0.05, 0) is 55.7 Å². The van der Waals surface area contributed by atoms with Gasteiger partial charge >= 0.3 is 0 Å². The van der Waals surface area contributed by atoms with E-state index in [0.717, 1.165) is 47.8 Å². The lowest BCUT2D eigenvalue weighted by Crippen LogP contribution is -2.39. The van der Waals surface area contributed by atoms with Gasteiger partial charge in [-0.2, -0.15) is 0 Å². The molecule has 0 spiro atoms. The minimum absolute atomic E-state index is 0.0567. The van der Waals surface area contributed by atoms with Gasteiger partial charge in [0.1, 0.15) is 17.2 Å². The number of aryl methyl sites for hydroxylation is 2. The van der Waals surface area contributed by atoms with Gasteiger partial charge in [0.15, 0.2) is 5.82 Å². The molecule has 6 rings (SSSR count). The minimum atomic E-state index is -2.59. The first kappa shape index (κ1) is 24.8. The molecule has 0 radical (unpaired) electrons. The maximum Gasteiger partial charge on any atom is 0.251 e. The predicted molar refractivity (Wildman–Crippen MR) is 141 cm³/mol. The molecule has 11 heteroatoms. The smallest absolute Gasteiger partial charge is 0.251 e. The molecule has 1 fully saturated rings. The van der Waals surface area contributed by atoms with E-state index in [1.165, 1.54) is 0 Å². The summed E-state index contributed by atoms with van der Waals surface area (Å²) in [5.41, 5.74) is 4.13. The van der Waals surface area contributed by atoms with Crippen molar-refractivity contribution in [2.24, 2.45) is 0 Å². The van der Waals surface area contributed by atoms with E-state index < -0.39 is 5.92 Å². The molecule has 1 saturated heterocycles. The van der Waals surface area contributed by atoms with Crippen LogP contribution in [-0.4, -0.2) is 55.4 Å². The normalized spacial score (nSPS) is 18.9. The van der Waals surface area contributed by atoms with Crippen LogP contribution in [0, 0.1) is 6.92 Å². The molecule has 38 heavy (non-hydrogen) atoms. The number of fused-ring (bicyclic) bond motifs is 1. The van der Waals surface area contributed by atoms with Crippen molar-refractivity contribution in [3.8, 4) is 23.1 Å². The first-order chi connectivity index (χ1) is 18.3. The third-order valence-electron chi connectivity index (χ3n) is 7.34. The van der Waals surface area contributed by atoms with Crippen molar-refractivity contribution in [2.75, 3.05) is 25.1 Å². The summed E-state index contributed by atoms with van der Waals surface area (Å²) in [6.07, 6.45) is 5.15. The van der Waals surface area contributed by atoms with Gasteiger partial charge in [0.05, 0.1) is 19.1 Å². The van der Waals surface area contributed by atoms with Gasteiger partial charge in [0, 0.05) is 55.3 Å². The lowest BCUT2D eigenvalue weighted by Gasteiger charge is -2.34. The molecule has 1 aromatic carbocycles. The topological polar surface area (TPSA) is 73.9 Å². The third-order valence-corrected chi connectivity index (χ3v) is 7.69. The highest BCUT2D eigenvalue weighted by molar-refractivity contribution is 6.31. The molecule has 8 nitrogen and oxygen atoms in total. The van der Waals surface area contributed by atoms with Crippen LogP contribution in [-0.2, 0) is 6.54 Å². The first-order valence-electron chi connectivity index (χ1n) is 12.7. The summed E-state index contributed by atoms with van der Waals surface area (Å²) in [5.74, 6) is -0.852. The van der Waals surface area contributed by atoms with Crippen LogP contribution >= 0.6 is 11.6 Å². The Labute approximate surface area is 224 Å². The number of imidazole rings is 1. The summed E-state index contributed by atoms with van der Waals surface area (Å²) in [7, 11) is 1.58. The van der Waals surface area contributed by atoms with Gasteiger partial charge in [-0.3, -0.25) is 0 Å². The first-order valence-corrected chi connectivity index (χ1v) is 13.1. The number of methoxy groups -OCH3 is 1. The number of pyridine rings is 1. The molecule has 0 unspecified atom stereocenters. The van der Waals surface area contributed by atoms with E-state index in [-0.39, 0.29) is 18.8 Å². The van der Waals surface area contributed by atoms with Gasteiger partial charge in [-0.1, -0.05) is 11.6 Å². The van der Waals surface area contributed by atoms with Crippen LogP contribution in [0.3, 0.4) is 0 Å². The zero-order valence-electron chi connectivity index (χ0n) is 21.2. The molecule has 0 amide bonds. The molecule has 4 aromatic rings. The number of piperidine rings is 1. The Morgan fingerprint density at radius 2 is 1.89 bits per heavy atom. The number of hydrogen-bond acceptors (Lipinski definition) is 6. The lowest BCUT2D eigenvalue weighted by molar-refractivity contribution is -0.0220. The number of rotatable bonds is 5. The Balaban J connectivity index is 1.32. The molecule has 2 aliphatic heterocycles. The summed E-state index contributed by atoms with van der Waals surface area (Å²) in [4.78, 5) is 15.9. The third kappa shape index (κ3) is 4.62. The van der Waals surface area contributed by atoms with E-state index in [9.17, 15) is 8.78 Å². The number of anilines is 1. The van der Waals surface area contributed by atoms with Crippen molar-refractivity contribution in [1.82, 2.24) is 29.3 Å². The Bertz CT molecular complexity index is 1470. The highest BCUT2D eigenvalue weighted by Crippen LogP contribution is 2.40. The second-order valence-corrected chi connectivity index (χ2v) is 10.3. The van der Waals surface area contributed by atoms with E-state index >= 15 is 0 Å². The molecule has 3 aromatic heterocycles. The maximum absolute atomic E-state index is 13.7. The zero-order valence-corrected chi connectivity index (χ0v) is 22.0. The largest absolute Gasteiger partial charge is 0.479 e. The van der Waals surface area contributed by atoms with Crippen LogP contribution in [0.25, 0.3) is 17.2 Å². The molecule has 198 valence electrons. The van der Waals surface area contributed by atoms with Crippen molar-refractivity contribution in [2.45, 2.75) is 51.0 Å². The quantitative estimate of drug-likeness (QED) is 0.326. The fourth-order valence-electron chi connectivity index (χ4n) is 5.30. The predicted octanol–water partition coefficient (Wildman–Crippen LogP) is 5.66. The standard InChI is InChI=1S/C27H28ClF2N7O/c1-17-15-36(16-31-17)23-8-7-22(32-26(23)38-2)24-33-25-19(4-3-11-37(25)34-24)20-14-18(5-6-21(20)28)35-12-9-27(29,30)10-13-35/h5-8,14-16,19H,3-4,9-13H2,1-2H3/t19-/m0/s1. The van der Waals surface area contributed by atoms with E-state index in [1.807, 2.05) is 57.6 Å². The fraction of sp³-hybridized carbons (Fsp3) is 0.407. The molecule has 0 N–H and O–H groups in total. The minimum Gasteiger partial charge on any atom is -0.479 e. The van der Waals surface area contributed by atoms with Crippen molar-refractivity contribution in [3.63, 3.8) is 0 Å². The van der Waals surface area contributed by atoms with Crippen molar-refractivity contribution in [1.29, 1.82) is 0 Å². The van der Waals surface area contributed by atoms with Gasteiger partial charge in [0.25, 0.3) is 5.92 Å². The van der Waals surface area contributed by atoms with Gasteiger partial charge in [0.2, 0.25) is 5.88 Å². The monoisotopic (exact) mass is 539 g/mol. The number of benzene rings is 1. The SMILES string of the molecule is COc1nc(-c2nc3n(n2)CCC[C@H]3c2cc(N3CCC(F)(F)CC3)ccc2Cl)ccc1-n1cnc(C)c1. The molecule has 5 heterocycles. The van der Waals surface area contributed by atoms with E-state index in [2.05, 4.69) is 9.97 Å². The highest BCUT2D eigenvalue weighted by Gasteiger charge is 2.35.